The smallest absolute Gasteiger partial charge is 0.182 e. The maximum Gasteiger partial charge on any atom is 0.182 e. The van der Waals surface area contributed by atoms with Crippen molar-refractivity contribution in [1.29, 1.82) is 0 Å². The second-order valence-corrected chi connectivity index (χ2v) is 4.44. The number of rotatable bonds is 4. The van der Waals surface area contributed by atoms with Crippen LogP contribution >= 0.6 is 0 Å². The Kier molecular flexibility index (Phi) is 3.49. The molecule has 4 N–H and O–H groups in total. The topological polar surface area (TPSA) is 125 Å². The molecule has 1 aliphatic heterocycles. The molecule has 1 saturated heterocycles. The third kappa shape index (κ3) is 2.10. The molecule has 2 aromatic rings. The monoisotopic (exact) mass is 281 g/mol. The minimum atomic E-state index is -0.915. The zero-order valence-corrected chi connectivity index (χ0v) is 10.7. The lowest BCUT2D eigenvalue weighted by Crippen LogP contribution is -2.38. The van der Waals surface area contributed by atoms with Crippen molar-refractivity contribution in [3.05, 3.63) is 12.7 Å². The Morgan fingerprint density at radius 3 is 3.05 bits per heavy atom. The lowest BCUT2D eigenvalue weighted by Gasteiger charge is -2.20. The minimum absolute atomic E-state index is 0.289. The molecule has 9 heteroatoms. The molecule has 2 aromatic heterocycles. The Morgan fingerprint density at radius 1 is 1.45 bits per heavy atom. The third-order valence-corrected chi connectivity index (χ3v) is 3.29. The van der Waals surface area contributed by atoms with Gasteiger partial charge in [-0.3, -0.25) is 0 Å². The van der Waals surface area contributed by atoms with E-state index in [0.29, 0.717) is 17.0 Å². The summed E-state index contributed by atoms with van der Waals surface area (Å²) in [5.74, 6) is 0.491. The summed E-state index contributed by atoms with van der Waals surface area (Å²) in [6.07, 6.45) is 0.0355. The maximum absolute atomic E-state index is 9.97. The van der Waals surface area contributed by atoms with E-state index < -0.39 is 24.5 Å². The molecule has 9 nitrogen and oxygen atoms in total. The number of aliphatic hydroxyl groups is 2. The van der Waals surface area contributed by atoms with E-state index in [9.17, 15) is 5.11 Å². The third-order valence-electron chi connectivity index (χ3n) is 3.29. The minimum Gasteiger partial charge on any atom is -0.394 e. The molecule has 20 heavy (non-hydrogen) atoms. The molecule has 4 unspecified atom stereocenters. The maximum atomic E-state index is 9.97. The Bertz CT molecular complexity index is 591. The largest absolute Gasteiger partial charge is 0.394 e. The fourth-order valence-corrected chi connectivity index (χ4v) is 2.28. The summed E-state index contributed by atoms with van der Waals surface area (Å²) >= 11 is 0. The Balaban J connectivity index is 1.85. The van der Waals surface area contributed by atoms with Gasteiger partial charge in [-0.15, -0.1) is 0 Å². The van der Waals surface area contributed by atoms with Gasteiger partial charge >= 0.3 is 0 Å². The number of nitrogens with one attached hydrogen (secondary N) is 2. The Labute approximate surface area is 114 Å². The molecule has 3 heterocycles. The van der Waals surface area contributed by atoms with Gasteiger partial charge in [-0.2, -0.15) is 0 Å². The van der Waals surface area contributed by atoms with E-state index in [0.717, 1.165) is 0 Å². The van der Waals surface area contributed by atoms with Crippen LogP contribution in [0.25, 0.3) is 11.2 Å². The first-order valence-corrected chi connectivity index (χ1v) is 6.12. The van der Waals surface area contributed by atoms with Crippen molar-refractivity contribution < 1.29 is 19.7 Å². The molecule has 0 amide bonds. The Morgan fingerprint density at radius 2 is 2.30 bits per heavy atom. The molecule has 1 fully saturated rings. The van der Waals surface area contributed by atoms with Crippen LogP contribution in [0.3, 0.4) is 0 Å². The number of imidazole rings is 1. The molecule has 0 aromatic carbocycles. The number of aliphatic hydroxyl groups excluding tert-OH is 2. The highest BCUT2D eigenvalue weighted by molar-refractivity contribution is 5.82. The summed E-state index contributed by atoms with van der Waals surface area (Å²) in [6.45, 7) is -0.289. The van der Waals surface area contributed by atoms with Crippen molar-refractivity contribution in [3.63, 3.8) is 0 Å². The normalized spacial score (nSPS) is 29.9. The van der Waals surface area contributed by atoms with Gasteiger partial charge in [-0.25, -0.2) is 15.0 Å². The van der Waals surface area contributed by atoms with Crippen molar-refractivity contribution in [3.8, 4) is 0 Å². The van der Waals surface area contributed by atoms with Crippen molar-refractivity contribution in [2.45, 2.75) is 24.5 Å². The molecule has 3 rings (SSSR count). The summed E-state index contributed by atoms with van der Waals surface area (Å²) in [6, 6.07) is 0. The summed E-state index contributed by atoms with van der Waals surface area (Å²) < 4.78 is 10.7. The molecule has 0 radical (unpaired) electrons. The highest BCUT2D eigenvalue weighted by atomic mass is 16.6. The van der Waals surface area contributed by atoms with Crippen LogP contribution in [0.5, 0.6) is 0 Å². The fourth-order valence-electron chi connectivity index (χ4n) is 2.28. The molecule has 0 aliphatic carbocycles. The average Bonchev–Trinajstić information content (AvgIpc) is 3.04. The predicted molar refractivity (Wildman–Crippen MR) is 67.9 cm³/mol. The summed E-state index contributed by atoms with van der Waals surface area (Å²) in [5, 5.41) is 22.2. The van der Waals surface area contributed by atoms with Gasteiger partial charge in [0, 0.05) is 7.11 Å². The van der Waals surface area contributed by atoms with Crippen LogP contribution in [0, 0.1) is 0 Å². The van der Waals surface area contributed by atoms with Crippen molar-refractivity contribution in [1.82, 2.24) is 19.9 Å². The molecule has 108 valence electrons. The van der Waals surface area contributed by atoms with E-state index in [4.69, 9.17) is 14.6 Å². The summed E-state index contributed by atoms with van der Waals surface area (Å²) in [5.41, 5.74) is 1.15. The number of anilines is 1. The Hall–Kier alpha value is -1.81. The molecule has 0 bridgehead atoms. The highest BCUT2D eigenvalue weighted by Gasteiger charge is 2.44. The van der Waals surface area contributed by atoms with Gasteiger partial charge < -0.3 is 30.0 Å². The fraction of sp³-hybridized carbons (Fsp3) is 0.545. The van der Waals surface area contributed by atoms with Gasteiger partial charge in [0.2, 0.25) is 0 Å². The number of ether oxygens (including phenoxy) is 2. The van der Waals surface area contributed by atoms with Crippen LogP contribution < -0.4 is 5.32 Å². The highest BCUT2D eigenvalue weighted by Crippen LogP contribution is 2.26. The van der Waals surface area contributed by atoms with E-state index in [2.05, 4.69) is 25.3 Å². The second kappa shape index (κ2) is 5.29. The van der Waals surface area contributed by atoms with E-state index in [1.807, 2.05) is 0 Å². The van der Waals surface area contributed by atoms with Crippen molar-refractivity contribution in [2.75, 3.05) is 19.0 Å². The number of hydrogen-bond acceptors (Lipinski definition) is 8. The summed E-state index contributed by atoms with van der Waals surface area (Å²) in [7, 11) is 1.47. The van der Waals surface area contributed by atoms with Crippen LogP contribution in [0.1, 0.15) is 0 Å². The van der Waals surface area contributed by atoms with E-state index in [1.54, 1.807) is 0 Å². The molecular formula is C11H15N5O4. The number of aromatic nitrogens is 4. The first-order valence-electron chi connectivity index (χ1n) is 6.12. The van der Waals surface area contributed by atoms with Gasteiger partial charge in [0.25, 0.3) is 0 Å². The van der Waals surface area contributed by atoms with Crippen LogP contribution in [0.4, 0.5) is 5.82 Å². The zero-order chi connectivity index (χ0) is 14.1. The van der Waals surface area contributed by atoms with E-state index in [1.165, 1.54) is 19.8 Å². The van der Waals surface area contributed by atoms with Gasteiger partial charge in [0.15, 0.2) is 17.7 Å². The molecule has 0 saturated carbocycles. The average molecular weight is 281 g/mol. The number of methoxy groups -OCH3 is 1. The first kappa shape index (κ1) is 13.2. The molecule has 1 aliphatic rings. The molecule has 0 spiro atoms. The summed E-state index contributed by atoms with van der Waals surface area (Å²) in [4.78, 5) is 15.1. The van der Waals surface area contributed by atoms with Gasteiger partial charge in [0.05, 0.1) is 12.9 Å². The van der Waals surface area contributed by atoms with E-state index >= 15 is 0 Å². The van der Waals surface area contributed by atoms with Crippen LogP contribution in [0.15, 0.2) is 12.7 Å². The first-order chi connectivity index (χ1) is 9.74. The van der Waals surface area contributed by atoms with Crippen LogP contribution in [0.2, 0.25) is 0 Å². The van der Waals surface area contributed by atoms with Gasteiger partial charge in [-0.05, 0) is 0 Å². The number of fused-ring (bicyclic) bond motifs is 1. The standard InChI is InChI=1S/C11H15N5O4/c1-19-8-7(18)5(2-17)20-11(8)16-10-6-9(13-3-12-6)14-4-15-10/h3-5,7-8,11,17-18H,2H2,1H3,(H2,12,13,14,15,16). The number of aromatic amines is 1. The number of hydrogen-bond donors (Lipinski definition) is 4. The quantitative estimate of drug-likeness (QED) is 0.554. The number of nitrogens with zero attached hydrogens (tertiary/aromatic N) is 3. The van der Waals surface area contributed by atoms with Gasteiger partial charge in [0.1, 0.15) is 30.2 Å². The zero-order valence-electron chi connectivity index (χ0n) is 10.7. The van der Waals surface area contributed by atoms with Crippen molar-refractivity contribution >= 4 is 17.0 Å². The van der Waals surface area contributed by atoms with Crippen molar-refractivity contribution in [2.24, 2.45) is 0 Å². The van der Waals surface area contributed by atoms with Crippen LogP contribution in [-0.2, 0) is 9.47 Å². The number of H-pyrrole nitrogens is 1. The van der Waals surface area contributed by atoms with E-state index in [-0.39, 0.29) is 6.61 Å². The predicted octanol–water partition coefficient (Wildman–Crippen LogP) is -1.14. The lowest BCUT2D eigenvalue weighted by atomic mass is 10.1. The van der Waals surface area contributed by atoms with Gasteiger partial charge in [-0.1, -0.05) is 0 Å². The second-order valence-electron chi connectivity index (χ2n) is 4.44. The lowest BCUT2D eigenvalue weighted by molar-refractivity contribution is -0.0164. The van der Waals surface area contributed by atoms with Crippen LogP contribution in [-0.4, -0.2) is 68.4 Å². The molecule has 4 atom stereocenters. The SMILES string of the molecule is COC1C(Nc2ncnc3nc[nH]c23)OC(CO)C1O. The molecular weight excluding hydrogens is 266 g/mol.